The number of nitrogens with one attached hydrogen (secondary N) is 1. The highest BCUT2D eigenvalue weighted by Crippen LogP contribution is 2.15. The normalized spacial score (nSPS) is 10.8. The van der Waals surface area contributed by atoms with Crippen LogP contribution in [-0.4, -0.2) is 20.1 Å². The lowest BCUT2D eigenvalue weighted by Crippen LogP contribution is -2.22. The zero-order chi connectivity index (χ0) is 12.0. The number of nitrogens with zero attached hydrogens (tertiary/aromatic N) is 1. The number of anilines is 1. The highest BCUT2D eigenvalue weighted by atomic mass is 15.1. The number of benzene rings is 1. The Morgan fingerprint density at radius 3 is 2.31 bits per heavy atom. The Kier molecular flexibility index (Phi) is 5.33. The van der Waals surface area contributed by atoms with E-state index in [2.05, 4.69) is 62.3 Å². The van der Waals surface area contributed by atoms with Gasteiger partial charge in [0.25, 0.3) is 0 Å². The van der Waals surface area contributed by atoms with Crippen molar-refractivity contribution in [1.29, 1.82) is 0 Å². The van der Waals surface area contributed by atoms with Crippen molar-refractivity contribution in [3.63, 3.8) is 0 Å². The average molecular weight is 220 g/mol. The molecule has 0 aliphatic heterocycles. The van der Waals surface area contributed by atoms with Crippen molar-refractivity contribution in [3.05, 3.63) is 29.8 Å². The van der Waals surface area contributed by atoms with Crippen molar-refractivity contribution in [2.24, 2.45) is 5.92 Å². The van der Waals surface area contributed by atoms with E-state index in [1.807, 2.05) is 0 Å². The molecule has 1 rings (SSSR count). The summed E-state index contributed by atoms with van der Waals surface area (Å²) in [5.74, 6) is 0.700. The van der Waals surface area contributed by atoms with Crippen LogP contribution in [0.5, 0.6) is 0 Å². The van der Waals surface area contributed by atoms with Gasteiger partial charge >= 0.3 is 0 Å². The molecular weight excluding hydrogens is 196 g/mol. The van der Waals surface area contributed by atoms with E-state index in [1.165, 1.54) is 11.3 Å². The van der Waals surface area contributed by atoms with Crippen LogP contribution in [0, 0.1) is 5.92 Å². The lowest BCUT2D eigenvalue weighted by molar-refractivity contribution is 0.638. The number of rotatable bonds is 6. The Morgan fingerprint density at radius 1 is 1.19 bits per heavy atom. The Bertz CT molecular complexity index is 290. The van der Waals surface area contributed by atoms with Crippen LogP contribution in [0.2, 0.25) is 0 Å². The second kappa shape index (κ2) is 6.54. The molecule has 1 aromatic rings. The summed E-state index contributed by atoms with van der Waals surface area (Å²) in [7, 11) is 2.15. The summed E-state index contributed by atoms with van der Waals surface area (Å²) in [4.78, 5) is 2.31. The summed E-state index contributed by atoms with van der Waals surface area (Å²) in [5, 5.41) is 3.33. The second-order valence-electron chi connectivity index (χ2n) is 4.72. The van der Waals surface area contributed by atoms with Gasteiger partial charge in [0.2, 0.25) is 0 Å². The molecule has 0 aliphatic rings. The fourth-order valence-electron chi connectivity index (χ4n) is 1.79. The van der Waals surface area contributed by atoms with E-state index in [4.69, 9.17) is 0 Å². The Labute approximate surface area is 99.7 Å². The second-order valence-corrected chi connectivity index (χ2v) is 4.72. The molecule has 0 spiro atoms. The SMILES string of the molecule is CCNCc1ccc(N(C)CC(C)C)cc1. The molecule has 0 aromatic heterocycles. The maximum Gasteiger partial charge on any atom is 0.0363 e. The van der Waals surface area contributed by atoms with Crippen LogP contribution in [0.15, 0.2) is 24.3 Å². The molecule has 1 aromatic carbocycles. The molecule has 90 valence electrons. The van der Waals surface area contributed by atoms with Crippen molar-refractivity contribution in [3.8, 4) is 0 Å². The zero-order valence-electron chi connectivity index (χ0n) is 11.0. The molecule has 2 heteroatoms. The van der Waals surface area contributed by atoms with Crippen molar-refractivity contribution >= 4 is 5.69 Å². The summed E-state index contributed by atoms with van der Waals surface area (Å²) in [6.45, 7) is 9.71. The molecule has 2 nitrogen and oxygen atoms in total. The van der Waals surface area contributed by atoms with Gasteiger partial charge in [0.1, 0.15) is 0 Å². The first-order chi connectivity index (χ1) is 7.63. The number of hydrogen-bond donors (Lipinski definition) is 1. The molecule has 16 heavy (non-hydrogen) atoms. The van der Waals surface area contributed by atoms with Crippen molar-refractivity contribution in [2.75, 3.05) is 25.0 Å². The van der Waals surface area contributed by atoms with Gasteiger partial charge in [-0.3, -0.25) is 0 Å². The van der Waals surface area contributed by atoms with Crippen LogP contribution in [-0.2, 0) is 6.54 Å². The van der Waals surface area contributed by atoms with Crippen LogP contribution in [0.25, 0.3) is 0 Å². The van der Waals surface area contributed by atoms with Gasteiger partial charge in [-0.15, -0.1) is 0 Å². The molecule has 0 fully saturated rings. The molecule has 1 N–H and O–H groups in total. The van der Waals surface area contributed by atoms with E-state index in [0.29, 0.717) is 5.92 Å². The monoisotopic (exact) mass is 220 g/mol. The molecule has 0 unspecified atom stereocenters. The van der Waals surface area contributed by atoms with Crippen LogP contribution >= 0.6 is 0 Å². The molecule has 0 saturated carbocycles. The van der Waals surface area contributed by atoms with Gasteiger partial charge in [0.15, 0.2) is 0 Å². The van der Waals surface area contributed by atoms with Crippen LogP contribution in [0.4, 0.5) is 5.69 Å². The van der Waals surface area contributed by atoms with Gasteiger partial charge in [0.05, 0.1) is 0 Å². The minimum atomic E-state index is 0.700. The van der Waals surface area contributed by atoms with E-state index >= 15 is 0 Å². The maximum absolute atomic E-state index is 3.33. The first-order valence-electron chi connectivity index (χ1n) is 6.14. The molecule has 0 saturated heterocycles. The minimum Gasteiger partial charge on any atom is -0.374 e. The van der Waals surface area contributed by atoms with E-state index < -0.39 is 0 Å². The molecule has 0 amide bonds. The standard InChI is InChI=1S/C14H24N2/c1-5-15-10-13-6-8-14(9-7-13)16(4)11-12(2)3/h6-9,12,15H,5,10-11H2,1-4H3. The molecule has 0 radical (unpaired) electrons. The Balaban J connectivity index is 2.56. The summed E-state index contributed by atoms with van der Waals surface area (Å²) >= 11 is 0. The van der Waals surface area contributed by atoms with Gasteiger partial charge in [-0.1, -0.05) is 32.9 Å². The Hall–Kier alpha value is -1.02. The van der Waals surface area contributed by atoms with Crippen LogP contribution in [0.3, 0.4) is 0 Å². The smallest absolute Gasteiger partial charge is 0.0363 e. The first-order valence-corrected chi connectivity index (χ1v) is 6.14. The number of hydrogen-bond acceptors (Lipinski definition) is 2. The molecule has 0 atom stereocenters. The first kappa shape index (κ1) is 13.0. The molecular formula is C14H24N2. The highest BCUT2D eigenvalue weighted by Gasteiger charge is 2.02. The largest absolute Gasteiger partial charge is 0.374 e. The lowest BCUT2D eigenvalue weighted by Gasteiger charge is -2.21. The van der Waals surface area contributed by atoms with Gasteiger partial charge in [-0.2, -0.15) is 0 Å². The molecule has 0 bridgehead atoms. The lowest BCUT2D eigenvalue weighted by atomic mass is 10.1. The van der Waals surface area contributed by atoms with E-state index in [-0.39, 0.29) is 0 Å². The molecule has 0 aliphatic carbocycles. The van der Waals surface area contributed by atoms with Gasteiger partial charge < -0.3 is 10.2 Å². The topological polar surface area (TPSA) is 15.3 Å². The average Bonchev–Trinajstić information content (AvgIpc) is 2.26. The van der Waals surface area contributed by atoms with Gasteiger partial charge in [-0.25, -0.2) is 0 Å². The van der Waals surface area contributed by atoms with Crippen molar-refractivity contribution in [1.82, 2.24) is 5.32 Å². The predicted molar refractivity (Wildman–Crippen MR) is 71.9 cm³/mol. The third kappa shape index (κ3) is 4.23. The van der Waals surface area contributed by atoms with E-state index in [1.54, 1.807) is 0 Å². The fourth-order valence-corrected chi connectivity index (χ4v) is 1.79. The van der Waals surface area contributed by atoms with Gasteiger partial charge in [-0.05, 0) is 30.2 Å². The van der Waals surface area contributed by atoms with Crippen LogP contribution in [0.1, 0.15) is 26.3 Å². The van der Waals surface area contributed by atoms with Crippen molar-refractivity contribution < 1.29 is 0 Å². The van der Waals surface area contributed by atoms with E-state index in [0.717, 1.165) is 19.6 Å². The Morgan fingerprint density at radius 2 is 1.81 bits per heavy atom. The summed E-state index contributed by atoms with van der Waals surface area (Å²) in [6.07, 6.45) is 0. The molecule has 0 heterocycles. The summed E-state index contributed by atoms with van der Waals surface area (Å²) in [5.41, 5.74) is 2.65. The van der Waals surface area contributed by atoms with E-state index in [9.17, 15) is 0 Å². The maximum atomic E-state index is 3.33. The fraction of sp³-hybridized carbons (Fsp3) is 0.571. The summed E-state index contributed by atoms with van der Waals surface area (Å²) in [6, 6.07) is 8.81. The minimum absolute atomic E-state index is 0.700. The third-order valence-corrected chi connectivity index (χ3v) is 2.60. The quantitative estimate of drug-likeness (QED) is 0.793. The predicted octanol–water partition coefficient (Wildman–Crippen LogP) is 2.89. The van der Waals surface area contributed by atoms with Crippen molar-refractivity contribution in [2.45, 2.75) is 27.3 Å². The zero-order valence-corrected chi connectivity index (χ0v) is 11.0. The highest BCUT2D eigenvalue weighted by molar-refractivity contribution is 5.46. The van der Waals surface area contributed by atoms with Crippen LogP contribution < -0.4 is 10.2 Å². The third-order valence-electron chi connectivity index (χ3n) is 2.60. The summed E-state index contributed by atoms with van der Waals surface area (Å²) < 4.78 is 0. The van der Waals surface area contributed by atoms with Gasteiger partial charge in [0, 0.05) is 25.8 Å².